The Balaban J connectivity index is 1.75. The van der Waals surface area contributed by atoms with Crippen molar-refractivity contribution < 1.29 is 27.5 Å². The van der Waals surface area contributed by atoms with Crippen LogP contribution in [0.5, 0.6) is 5.75 Å². The van der Waals surface area contributed by atoms with Crippen LogP contribution in [0.1, 0.15) is 25.3 Å². The molecule has 2 amide bonds. The Morgan fingerprint density at radius 1 is 1.15 bits per heavy atom. The summed E-state index contributed by atoms with van der Waals surface area (Å²) in [6.45, 7) is 2.36. The summed E-state index contributed by atoms with van der Waals surface area (Å²) in [5.74, 6) is 0.0786. The average molecular weight is 490 g/mol. The van der Waals surface area contributed by atoms with E-state index in [1.807, 2.05) is 24.3 Å². The predicted octanol–water partition coefficient (Wildman–Crippen LogP) is 2.48. The zero-order chi connectivity index (χ0) is 24.7. The number of likely N-dealkylation sites (N-methyl/N-ethyl adjacent to an activating group) is 1. The number of amides is 2. The summed E-state index contributed by atoms with van der Waals surface area (Å²) in [5, 5.41) is 2.60. The first-order valence-corrected chi connectivity index (χ1v) is 12.5. The third-order valence-electron chi connectivity index (χ3n) is 5.60. The van der Waals surface area contributed by atoms with Crippen molar-refractivity contribution in [3.8, 4) is 5.75 Å². The number of carbonyl (C=O) groups excluding carboxylic acids is 2. The third-order valence-corrected chi connectivity index (χ3v) is 7.41. The number of nitrogens with one attached hydrogen (secondary N) is 1. The van der Waals surface area contributed by atoms with Gasteiger partial charge in [-0.3, -0.25) is 9.59 Å². The molecule has 1 aliphatic heterocycles. The van der Waals surface area contributed by atoms with Gasteiger partial charge in [0.1, 0.15) is 5.75 Å². The molecule has 1 heterocycles. The fourth-order valence-corrected chi connectivity index (χ4v) is 4.92. The van der Waals surface area contributed by atoms with Crippen LogP contribution < -0.4 is 10.1 Å². The van der Waals surface area contributed by atoms with E-state index in [-0.39, 0.29) is 35.9 Å². The Kier molecular flexibility index (Phi) is 8.65. The molecule has 1 N–H and O–H groups in total. The van der Waals surface area contributed by atoms with E-state index in [1.54, 1.807) is 12.0 Å². The van der Waals surface area contributed by atoms with E-state index in [4.69, 9.17) is 9.47 Å². The van der Waals surface area contributed by atoms with Gasteiger partial charge < -0.3 is 19.7 Å². The molecule has 0 aromatic heterocycles. The number of hydrogen-bond donors (Lipinski definition) is 1. The monoisotopic (exact) mass is 489 g/mol. The van der Waals surface area contributed by atoms with Crippen molar-refractivity contribution >= 4 is 27.5 Å². The largest absolute Gasteiger partial charge is 0.496 e. The highest BCUT2D eigenvalue weighted by atomic mass is 32.2. The molecule has 0 radical (unpaired) electrons. The van der Waals surface area contributed by atoms with E-state index in [1.165, 1.54) is 38.2 Å². The first-order chi connectivity index (χ1) is 16.2. The SMILES string of the molecule is COc1ccccc1CN(CC1CCCO1)C(=O)CN(C)S(=O)(=O)c1ccc(NC(C)=O)cc1. The molecule has 0 bridgehead atoms. The molecular weight excluding hydrogens is 458 g/mol. The quantitative estimate of drug-likeness (QED) is 0.550. The molecule has 3 rings (SSSR count). The van der Waals surface area contributed by atoms with Crippen LogP contribution in [0.3, 0.4) is 0 Å². The number of anilines is 1. The number of rotatable bonds is 10. The molecule has 1 aliphatic rings. The minimum absolute atomic E-state index is 0.0345. The summed E-state index contributed by atoms with van der Waals surface area (Å²) in [4.78, 5) is 26.1. The lowest BCUT2D eigenvalue weighted by atomic mass is 10.1. The first kappa shape index (κ1) is 25.7. The van der Waals surface area contributed by atoms with Crippen LogP contribution in [0.15, 0.2) is 53.4 Å². The van der Waals surface area contributed by atoms with E-state index in [9.17, 15) is 18.0 Å². The van der Waals surface area contributed by atoms with Gasteiger partial charge >= 0.3 is 0 Å². The lowest BCUT2D eigenvalue weighted by Gasteiger charge is -2.28. The van der Waals surface area contributed by atoms with Gasteiger partial charge in [-0.2, -0.15) is 4.31 Å². The van der Waals surface area contributed by atoms with Crippen molar-refractivity contribution in [1.29, 1.82) is 0 Å². The minimum atomic E-state index is -3.91. The average Bonchev–Trinajstić information content (AvgIpc) is 3.32. The van der Waals surface area contributed by atoms with Crippen LogP contribution in [0.25, 0.3) is 0 Å². The molecule has 1 saturated heterocycles. The molecular formula is C24H31N3O6S. The number of hydrogen-bond acceptors (Lipinski definition) is 6. The normalized spacial score (nSPS) is 15.8. The van der Waals surface area contributed by atoms with Crippen molar-refractivity contribution in [3.63, 3.8) is 0 Å². The summed E-state index contributed by atoms with van der Waals surface area (Å²) in [5.41, 5.74) is 1.32. The summed E-state index contributed by atoms with van der Waals surface area (Å²) in [7, 11) is -0.959. The maximum absolute atomic E-state index is 13.3. The van der Waals surface area contributed by atoms with Crippen molar-refractivity contribution in [1.82, 2.24) is 9.21 Å². The van der Waals surface area contributed by atoms with E-state index in [0.717, 1.165) is 22.7 Å². The minimum Gasteiger partial charge on any atom is -0.496 e. The lowest BCUT2D eigenvalue weighted by molar-refractivity contribution is -0.133. The summed E-state index contributed by atoms with van der Waals surface area (Å²) in [6, 6.07) is 13.3. The van der Waals surface area contributed by atoms with E-state index in [0.29, 0.717) is 24.6 Å². The zero-order valence-electron chi connectivity index (χ0n) is 19.7. The standard InChI is InChI=1S/C24H31N3O6S/c1-18(28)25-20-10-12-22(13-11-20)34(30,31)26(2)17-24(29)27(16-21-8-6-14-33-21)15-19-7-4-5-9-23(19)32-3/h4-5,7,9-13,21H,6,8,14-17H2,1-3H3,(H,25,28). The maximum Gasteiger partial charge on any atom is 0.243 e. The van der Waals surface area contributed by atoms with E-state index >= 15 is 0 Å². The van der Waals surface area contributed by atoms with Gasteiger partial charge in [0, 0.05) is 44.9 Å². The molecule has 0 spiro atoms. The van der Waals surface area contributed by atoms with Gasteiger partial charge in [0.25, 0.3) is 0 Å². The molecule has 2 aromatic carbocycles. The fourth-order valence-electron chi connectivity index (χ4n) is 3.80. The highest BCUT2D eigenvalue weighted by Gasteiger charge is 2.28. The molecule has 1 atom stereocenters. The third kappa shape index (κ3) is 6.55. The smallest absolute Gasteiger partial charge is 0.243 e. The second-order valence-corrected chi connectivity index (χ2v) is 10.2. The van der Waals surface area contributed by atoms with Crippen LogP contribution in [0.2, 0.25) is 0 Å². The Morgan fingerprint density at radius 2 is 1.85 bits per heavy atom. The second-order valence-electron chi connectivity index (χ2n) is 8.19. The van der Waals surface area contributed by atoms with Crippen LogP contribution in [0, 0.1) is 0 Å². The topological polar surface area (TPSA) is 105 Å². The predicted molar refractivity (Wildman–Crippen MR) is 128 cm³/mol. The number of ether oxygens (including phenoxy) is 2. The number of sulfonamides is 1. The molecule has 1 fully saturated rings. The number of carbonyl (C=O) groups is 2. The molecule has 10 heteroatoms. The second kappa shape index (κ2) is 11.5. The number of para-hydroxylation sites is 1. The first-order valence-electron chi connectivity index (χ1n) is 11.1. The number of methoxy groups -OCH3 is 1. The summed E-state index contributed by atoms with van der Waals surface area (Å²) in [6.07, 6.45) is 1.70. The highest BCUT2D eigenvalue weighted by Crippen LogP contribution is 2.22. The molecule has 0 saturated carbocycles. The van der Waals surface area contributed by atoms with Crippen molar-refractivity contribution in [2.75, 3.05) is 39.2 Å². The van der Waals surface area contributed by atoms with Crippen LogP contribution in [-0.4, -0.2) is 69.4 Å². The lowest BCUT2D eigenvalue weighted by Crippen LogP contribution is -2.43. The van der Waals surface area contributed by atoms with Crippen molar-refractivity contribution in [2.24, 2.45) is 0 Å². The van der Waals surface area contributed by atoms with Gasteiger partial charge in [0.2, 0.25) is 21.8 Å². The van der Waals surface area contributed by atoms with Crippen molar-refractivity contribution in [3.05, 3.63) is 54.1 Å². The van der Waals surface area contributed by atoms with E-state index < -0.39 is 10.0 Å². The molecule has 0 aliphatic carbocycles. The summed E-state index contributed by atoms with van der Waals surface area (Å²) >= 11 is 0. The van der Waals surface area contributed by atoms with Gasteiger partial charge in [-0.15, -0.1) is 0 Å². The number of benzene rings is 2. The molecule has 9 nitrogen and oxygen atoms in total. The van der Waals surface area contributed by atoms with Gasteiger partial charge in [0.05, 0.1) is 24.7 Å². The zero-order valence-corrected chi connectivity index (χ0v) is 20.5. The Bertz CT molecular complexity index is 1100. The van der Waals surface area contributed by atoms with Crippen LogP contribution in [-0.2, 0) is 30.9 Å². The van der Waals surface area contributed by atoms with Crippen LogP contribution >= 0.6 is 0 Å². The van der Waals surface area contributed by atoms with E-state index in [2.05, 4.69) is 5.32 Å². The van der Waals surface area contributed by atoms with Gasteiger partial charge in [0.15, 0.2) is 0 Å². The van der Waals surface area contributed by atoms with Crippen molar-refractivity contribution in [2.45, 2.75) is 37.3 Å². The Hall–Kier alpha value is -2.95. The van der Waals surface area contributed by atoms with Crippen LogP contribution in [0.4, 0.5) is 5.69 Å². The maximum atomic E-state index is 13.3. The molecule has 34 heavy (non-hydrogen) atoms. The Labute approximate surface area is 200 Å². The molecule has 1 unspecified atom stereocenters. The molecule has 2 aromatic rings. The summed E-state index contributed by atoms with van der Waals surface area (Å²) < 4.78 is 38.3. The Morgan fingerprint density at radius 3 is 2.47 bits per heavy atom. The fraction of sp³-hybridized carbons (Fsp3) is 0.417. The molecule has 184 valence electrons. The number of nitrogens with zero attached hydrogens (tertiary/aromatic N) is 2. The highest BCUT2D eigenvalue weighted by molar-refractivity contribution is 7.89. The van der Waals surface area contributed by atoms with Gasteiger partial charge in [-0.05, 0) is 43.2 Å². The van der Waals surface area contributed by atoms with Gasteiger partial charge in [-0.1, -0.05) is 18.2 Å². The van der Waals surface area contributed by atoms with Gasteiger partial charge in [-0.25, -0.2) is 8.42 Å².